The maximum absolute atomic E-state index is 13.1. The van der Waals surface area contributed by atoms with Gasteiger partial charge < -0.3 is 5.11 Å². The standard InChI is InChI=1S/C14H10BrCl2FO/c15-11-5-8(1-4-13(11)18)6-14(19)10-3-2-9(16)7-12(10)17/h1-5,7,14,19H,6H2. The monoisotopic (exact) mass is 362 g/mol. The van der Waals surface area contributed by atoms with E-state index in [-0.39, 0.29) is 5.82 Å². The number of aliphatic hydroxyl groups excluding tert-OH is 1. The molecule has 0 heterocycles. The molecule has 0 aromatic heterocycles. The summed E-state index contributed by atoms with van der Waals surface area (Å²) in [7, 11) is 0. The summed E-state index contributed by atoms with van der Waals surface area (Å²) in [6.07, 6.45) is -0.414. The van der Waals surface area contributed by atoms with Crippen molar-refractivity contribution in [3.05, 3.63) is 67.9 Å². The highest BCUT2D eigenvalue weighted by molar-refractivity contribution is 9.10. The van der Waals surface area contributed by atoms with Crippen LogP contribution >= 0.6 is 39.1 Å². The number of halogens is 4. The molecule has 1 atom stereocenters. The lowest BCUT2D eigenvalue weighted by Gasteiger charge is -2.13. The number of benzene rings is 2. The van der Waals surface area contributed by atoms with Gasteiger partial charge in [0, 0.05) is 16.5 Å². The third kappa shape index (κ3) is 3.69. The highest BCUT2D eigenvalue weighted by atomic mass is 79.9. The molecule has 0 radical (unpaired) electrons. The molecule has 0 saturated heterocycles. The second-order valence-corrected chi connectivity index (χ2v) is 5.83. The normalized spacial score (nSPS) is 12.5. The topological polar surface area (TPSA) is 20.2 Å². The number of aliphatic hydroxyl groups is 1. The van der Waals surface area contributed by atoms with Crippen molar-refractivity contribution in [3.8, 4) is 0 Å². The Labute approximate surface area is 129 Å². The molecule has 1 N–H and O–H groups in total. The Kier molecular flexibility index (Phi) is 4.85. The molecule has 19 heavy (non-hydrogen) atoms. The smallest absolute Gasteiger partial charge is 0.137 e. The molecule has 1 nitrogen and oxygen atoms in total. The van der Waals surface area contributed by atoms with Gasteiger partial charge in [0.2, 0.25) is 0 Å². The van der Waals surface area contributed by atoms with Gasteiger partial charge in [-0.25, -0.2) is 4.39 Å². The Morgan fingerprint density at radius 2 is 1.89 bits per heavy atom. The van der Waals surface area contributed by atoms with E-state index in [1.54, 1.807) is 30.3 Å². The number of hydrogen-bond donors (Lipinski definition) is 1. The van der Waals surface area contributed by atoms with Crippen LogP contribution in [0.5, 0.6) is 0 Å². The highest BCUT2D eigenvalue weighted by Crippen LogP contribution is 2.29. The van der Waals surface area contributed by atoms with E-state index < -0.39 is 6.10 Å². The second kappa shape index (κ2) is 6.23. The summed E-state index contributed by atoms with van der Waals surface area (Å²) in [4.78, 5) is 0. The van der Waals surface area contributed by atoms with Gasteiger partial charge in [0.05, 0.1) is 10.6 Å². The molecule has 1 unspecified atom stereocenters. The summed E-state index contributed by atoms with van der Waals surface area (Å²) in [5.74, 6) is -0.331. The number of rotatable bonds is 3. The van der Waals surface area contributed by atoms with Gasteiger partial charge in [0.1, 0.15) is 5.82 Å². The summed E-state index contributed by atoms with van der Waals surface area (Å²) in [5.41, 5.74) is 1.42. The Morgan fingerprint density at radius 1 is 1.16 bits per heavy atom. The first-order valence-corrected chi connectivity index (χ1v) is 7.09. The molecule has 0 spiro atoms. The van der Waals surface area contributed by atoms with E-state index in [1.165, 1.54) is 6.07 Å². The van der Waals surface area contributed by atoms with E-state index in [9.17, 15) is 9.50 Å². The van der Waals surface area contributed by atoms with E-state index in [0.717, 1.165) is 5.56 Å². The van der Waals surface area contributed by atoms with E-state index in [2.05, 4.69) is 15.9 Å². The molecule has 2 aromatic rings. The number of hydrogen-bond acceptors (Lipinski definition) is 1. The minimum absolute atomic E-state index is 0.331. The van der Waals surface area contributed by atoms with Crippen LogP contribution < -0.4 is 0 Å². The van der Waals surface area contributed by atoms with Crippen LogP contribution in [0.15, 0.2) is 40.9 Å². The fourth-order valence-corrected chi connectivity index (χ4v) is 2.73. The molecule has 0 saturated carbocycles. The molecule has 0 fully saturated rings. The molecule has 5 heteroatoms. The molecule has 0 aliphatic rings. The first kappa shape index (κ1) is 14.8. The summed E-state index contributed by atoms with van der Waals surface area (Å²) in [5, 5.41) is 11.1. The van der Waals surface area contributed by atoms with Crippen molar-refractivity contribution in [1.82, 2.24) is 0 Å². The molecular formula is C14H10BrCl2FO. The van der Waals surface area contributed by atoms with Crippen molar-refractivity contribution in [2.75, 3.05) is 0 Å². The van der Waals surface area contributed by atoms with Crippen LogP contribution in [0.1, 0.15) is 17.2 Å². The van der Waals surface area contributed by atoms with E-state index in [0.29, 0.717) is 26.5 Å². The van der Waals surface area contributed by atoms with Crippen LogP contribution in [-0.2, 0) is 6.42 Å². The Hall–Kier alpha value is -0.610. The SMILES string of the molecule is OC(Cc1ccc(F)c(Br)c1)c1ccc(Cl)cc1Cl. The van der Waals surface area contributed by atoms with Crippen LogP contribution in [0.4, 0.5) is 4.39 Å². The molecular weight excluding hydrogens is 354 g/mol. The third-order valence-electron chi connectivity index (χ3n) is 2.73. The van der Waals surface area contributed by atoms with Gasteiger partial charge >= 0.3 is 0 Å². The van der Waals surface area contributed by atoms with Gasteiger partial charge in [-0.15, -0.1) is 0 Å². The lowest BCUT2D eigenvalue weighted by Crippen LogP contribution is -2.03. The summed E-state index contributed by atoms with van der Waals surface area (Å²) < 4.78 is 13.5. The second-order valence-electron chi connectivity index (χ2n) is 4.13. The van der Waals surface area contributed by atoms with Gasteiger partial charge in [-0.05, 0) is 51.3 Å². The molecule has 2 rings (SSSR count). The Balaban J connectivity index is 2.20. The molecule has 0 bridgehead atoms. The van der Waals surface area contributed by atoms with E-state index in [4.69, 9.17) is 23.2 Å². The Bertz CT molecular complexity index is 604. The maximum atomic E-state index is 13.1. The quantitative estimate of drug-likeness (QED) is 0.797. The molecule has 2 aromatic carbocycles. The van der Waals surface area contributed by atoms with Crippen LogP contribution in [0.25, 0.3) is 0 Å². The van der Waals surface area contributed by atoms with Crippen molar-refractivity contribution >= 4 is 39.1 Å². The van der Waals surface area contributed by atoms with Crippen molar-refractivity contribution in [1.29, 1.82) is 0 Å². The average Bonchev–Trinajstić information content (AvgIpc) is 2.33. The Morgan fingerprint density at radius 3 is 2.53 bits per heavy atom. The summed E-state index contributed by atoms with van der Waals surface area (Å²) >= 11 is 15.0. The van der Waals surface area contributed by atoms with Crippen LogP contribution in [0, 0.1) is 5.82 Å². The van der Waals surface area contributed by atoms with Gasteiger partial charge in [-0.2, -0.15) is 0 Å². The van der Waals surface area contributed by atoms with Gasteiger partial charge in [0.15, 0.2) is 0 Å². The van der Waals surface area contributed by atoms with Gasteiger partial charge in [-0.3, -0.25) is 0 Å². The fourth-order valence-electron chi connectivity index (χ4n) is 1.77. The molecule has 0 amide bonds. The predicted molar refractivity (Wildman–Crippen MR) is 79.2 cm³/mol. The third-order valence-corrected chi connectivity index (χ3v) is 3.90. The van der Waals surface area contributed by atoms with Gasteiger partial charge in [0.25, 0.3) is 0 Å². The molecule has 0 aliphatic carbocycles. The van der Waals surface area contributed by atoms with Crippen LogP contribution in [-0.4, -0.2) is 5.11 Å². The van der Waals surface area contributed by atoms with Crippen molar-refractivity contribution in [3.63, 3.8) is 0 Å². The van der Waals surface area contributed by atoms with Crippen molar-refractivity contribution in [2.45, 2.75) is 12.5 Å². The highest BCUT2D eigenvalue weighted by Gasteiger charge is 2.13. The molecule has 100 valence electrons. The largest absolute Gasteiger partial charge is 0.388 e. The zero-order chi connectivity index (χ0) is 14.0. The summed E-state index contributed by atoms with van der Waals surface area (Å²) in [6.45, 7) is 0. The van der Waals surface area contributed by atoms with Crippen LogP contribution in [0.2, 0.25) is 10.0 Å². The van der Waals surface area contributed by atoms with Crippen molar-refractivity contribution in [2.24, 2.45) is 0 Å². The summed E-state index contributed by atoms with van der Waals surface area (Å²) in [6, 6.07) is 9.58. The first-order valence-electron chi connectivity index (χ1n) is 5.54. The van der Waals surface area contributed by atoms with Crippen LogP contribution in [0.3, 0.4) is 0 Å². The molecule has 0 aliphatic heterocycles. The van der Waals surface area contributed by atoms with E-state index in [1.807, 2.05) is 0 Å². The fraction of sp³-hybridized carbons (Fsp3) is 0.143. The minimum atomic E-state index is -0.762. The maximum Gasteiger partial charge on any atom is 0.137 e. The zero-order valence-corrected chi connectivity index (χ0v) is 12.8. The van der Waals surface area contributed by atoms with E-state index >= 15 is 0 Å². The predicted octanol–water partition coefficient (Wildman–Crippen LogP) is 5.17. The lowest BCUT2D eigenvalue weighted by molar-refractivity contribution is 0.178. The minimum Gasteiger partial charge on any atom is -0.388 e. The lowest BCUT2D eigenvalue weighted by atomic mass is 10.0. The van der Waals surface area contributed by atoms with Gasteiger partial charge in [-0.1, -0.05) is 35.3 Å². The zero-order valence-electron chi connectivity index (χ0n) is 9.71. The van der Waals surface area contributed by atoms with Crippen molar-refractivity contribution < 1.29 is 9.50 Å². The first-order chi connectivity index (χ1) is 8.97. The average molecular weight is 364 g/mol.